The maximum Gasteiger partial charge on any atom is 0.124 e. The zero-order valence-electron chi connectivity index (χ0n) is 11.2. The predicted octanol–water partition coefficient (Wildman–Crippen LogP) is 4.15. The number of hydrogen-bond acceptors (Lipinski definition) is 2. The van der Waals surface area contributed by atoms with Gasteiger partial charge in [-0.1, -0.05) is 22.0 Å². The van der Waals surface area contributed by atoms with Crippen molar-refractivity contribution in [1.82, 2.24) is 9.78 Å². The first-order valence-corrected chi connectivity index (χ1v) is 7.87. The molecule has 1 heterocycles. The van der Waals surface area contributed by atoms with E-state index in [2.05, 4.69) is 37.0 Å². The summed E-state index contributed by atoms with van der Waals surface area (Å²) in [6, 6.07) is 4.30. The van der Waals surface area contributed by atoms with Gasteiger partial charge >= 0.3 is 0 Å². The van der Waals surface area contributed by atoms with Gasteiger partial charge in [0, 0.05) is 17.4 Å². The van der Waals surface area contributed by atoms with E-state index in [1.54, 1.807) is 6.07 Å². The van der Waals surface area contributed by atoms with Gasteiger partial charge in [-0.25, -0.2) is 4.39 Å². The maximum atomic E-state index is 13.1. The summed E-state index contributed by atoms with van der Waals surface area (Å²) in [7, 11) is 0. The quantitative estimate of drug-likeness (QED) is 0.829. The summed E-state index contributed by atoms with van der Waals surface area (Å²) in [4.78, 5) is 0. The second kappa shape index (κ2) is 6.37. The van der Waals surface area contributed by atoms with Gasteiger partial charge in [-0.3, -0.25) is 4.68 Å². The standard InChI is InChI=1S/C14H15Br2FN2O/c1-3-19-12(14(16)8(2)18-19)7-13(20)10-5-4-9(17)6-11(10)15/h4-6,13,20H,3,7H2,1-2H3. The van der Waals surface area contributed by atoms with Crippen LogP contribution in [-0.2, 0) is 13.0 Å². The van der Waals surface area contributed by atoms with Gasteiger partial charge in [0.2, 0.25) is 0 Å². The van der Waals surface area contributed by atoms with Crippen LogP contribution in [0.2, 0.25) is 0 Å². The molecule has 0 bridgehead atoms. The molecule has 1 aromatic carbocycles. The summed E-state index contributed by atoms with van der Waals surface area (Å²) in [5.41, 5.74) is 2.50. The van der Waals surface area contributed by atoms with E-state index < -0.39 is 6.10 Å². The molecule has 1 atom stereocenters. The van der Waals surface area contributed by atoms with Crippen LogP contribution >= 0.6 is 31.9 Å². The molecular weight excluding hydrogens is 391 g/mol. The molecule has 0 radical (unpaired) electrons. The van der Waals surface area contributed by atoms with E-state index in [1.807, 2.05) is 18.5 Å². The first kappa shape index (κ1) is 15.7. The summed E-state index contributed by atoms with van der Waals surface area (Å²) < 4.78 is 16.4. The molecule has 1 aromatic heterocycles. The number of aromatic nitrogens is 2. The number of aryl methyl sites for hydroxylation is 2. The van der Waals surface area contributed by atoms with Gasteiger partial charge in [-0.15, -0.1) is 0 Å². The highest BCUT2D eigenvalue weighted by Crippen LogP contribution is 2.30. The molecule has 0 saturated heterocycles. The molecule has 1 N–H and O–H groups in total. The molecule has 0 saturated carbocycles. The first-order chi connectivity index (χ1) is 9.43. The van der Waals surface area contributed by atoms with Crippen LogP contribution in [0.4, 0.5) is 4.39 Å². The van der Waals surface area contributed by atoms with Crippen LogP contribution in [0.25, 0.3) is 0 Å². The molecule has 0 aliphatic rings. The van der Waals surface area contributed by atoms with Crippen molar-refractivity contribution in [3.63, 3.8) is 0 Å². The lowest BCUT2D eigenvalue weighted by Gasteiger charge is -2.14. The molecule has 0 amide bonds. The van der Waals surface area contributed by atoms with Crippen molar-refractivity contribution in [2.45, 2.75) is 32.9 Å². The number of rotatable bonds is 4. The van der Waals surface area contributed by atoms with Crippen LogP contribution in [-0.4, -0.2) is 14.9 Å². The van der Waals surface area contributed by atoms with Crippen molar-refractivity contribution in [3.05, 3.63) is 49.9 Å². The van der Waals surface area contributed by atoms with Crippen LogP contribution in [0.15, 0.2) is 27.1 Å². The van der Waals surface area contributed by atoms with Gasteiger partial charge < -0.3 is 5.11 Å². The smallest absolute Gasteiger partial charge is 0.124 e. The van der Waals surface area contributed by atoms with Crippen molar-refractivity contribution < 1.29 is 9.50 Å². The molecular formula is C14H15Br2FN2O. The molecule has 20 heavy (non-hydrogen) atoms. The van der Waals surface area contributed by atoms with E-state index in [-0.39, 0.29) is 5.82 Å². The second-order valence-electron chi connectivity index (χ2n) is 4.55. The van der Waals surface area contributed by atoms with Gasteiger partial charge in [0.1, 0.15) is 5.82 Å². The second-order valence-corrected chi connectivity index (χ2v) is 6.19. The molecule has 0 spiro atoms. The summed E-state index contributed by atoms with van der Waals surface area (Å²) in [5, 5.41) is 14.8. The summed E-state index contributed by atoms with van der Waals surface area (Å²) in [5.74, 6) is -0.330. The molecule has 6 heteroatoms. The minimum Gasteiger partial charge on any atom is -0.388 e. The highest BCUT2D eigenvalue weighted by molar-refractivity contribution is 9.10. The van der Waals surface area contributed by atoms with E-state index in [4.69, 9.17) is 0 Å². The minimum absolute atomic E-state index is 0.330. The Hall–Kier alpha value is -0.720. The van der Waals surface area contributed by atoms with Crippen LogP contribution in [0.3, 0.4) is 0 Å². The number of nitrogens with zero attached hydrogens (tertiary/aromatic N) is 2. The molecule has 108 valence electrons. The molecule has 0 fully saturated rings. The first-order valence-electron chi connectivity index (χ1n) is 6.28. The fourth-order valence-electron chi connectivity index (χ4n) is 2.13. The Kier molecular flexibility index (Phi) is 4.99. The van der Waals surface area contributed by atoms with E-state index in [1.165, 1.54) is 12.1 Å². The molecule has 2 aromatic rings. The number of hydrogen-bond donors (Lipinski definition) is 1. The third kappa shape index (κ3) is 3.13. The Morgan fingerprint density at radius 1 is 1.40 bits per heavy atom. The maximum absolute atomic E-state index is 13.1. The molecule has 1 unspecified atom stereocenters. The number of benzene rings is 1. The lowest BCUT2D eigenvalue weighted by atomic mass is 10.0. The molecule has 3 nitrogen and oxygen atoms in total. The SMILES string of the molecule is CCn1nc(C)c(Br)c1CC(O)c1ccc(F)cc1Br. The van der Waals surface area contributed by atoms with Crippen molar-refractivity contribution in [2.24, 2.45) is 0 Å². The topological polar surface area (TPSA) is 38.0 Å². The Labute approximate surface area is 134 Å². The van der Waals surface area contributed by atoms with E-state index >= 15 is 0 Å². The Morgan fingerprint density at radius 2 is 2.10 bits per heavy atom. The molecule has 0 aliphatic heterocycles. The van der Waals surface area contributed by atoms with Gasteiger partial charge in [-0.2, -0.15) is 5.10 Å². The predicted molar refractivity (Wildman–Crippen MR) is 83.1 cm³/mol. The zero-order chi connectivity index (χ0) is 14.9. The van der Waals surface area contributed by atoms with Crippen LogP contribution in [0, 0.1) is 12.7 Å². The molecule has 2 rings (SSSR count). The van der Waals surface area contributed by atoms with Crippen molar-refractivity contribution >= 4 is 31.9 Å². The third-order valence-electron chi connectivity index (χ3n) is 3.16. The fourth-order valence-corrected chi connectivity index (χ4v) is 3.19. The van der Waals surface area contributed by atoms with Crippen LogP contribution in [0.1, 0.15) is 30.0 Å². The number of halogens is 3. The van der Waals surface area contributed by atoms with E-state index in [0.29, 0.717) is 16.5 Å². The van der Waals surface area contributed by atoms with E-state index in [0.717, 1.165) is 22.4 Å². The van der Waals surface area contributed by atoms with Crippen molar-refractivity contribution in [1.29, 1.82) is 0 Å². The van der Waals surface area contributed by atoms with Gasteiger partial charge in [-0.05, 0) is 47.5 Å². The average molecular weight is 406 g/mol. The monoisotopic (exact) mass is 404 g/mol. The van der Waals surface area contributed by atoms with Crippen LogP contribution in [0.5, 0.6) is 0 Å². The zero-order valence-corrected chi connectivity index (χ0v) is 14.4. The average Bonchev–Trinajstić information content (AvgIpc) is 2.66. The normalized spacial score (nSPS) is 12.7. The van der Waals surface area contributed by atoms with Gasteiger partial charge in [0.25, 0.3) is 0 Å². The van der Waals surface area contributed by atoms with Crippen molar-refractivity contribution in [2.75, 3.05) is 0 Å². The lowest BCUT2D eigenvalue weighted by molar-refractivity contribution is 0.174. The highest BCUT2D eigenvalue weighted by atomic mass is 79.9. The summed E-state index contributed by atoms with van der Waals surface area (Å²) in [6.45, 7) is 4.65. The van der Waals surface area contributed by atoms with Gasteiger partial charge in [0.05, 0.1) is 22.0 Å². The Bertz CT molecular complexity index is 628. The largest absolute Gasteiger partial charge is 0.388 e. The van der Waals surface area contributed by atoms with E-state index in [9.17, 15) is 9.50 Å². The third-order valence-corrected chi connectivity index (χ3v) is 4.88. The minimum atomic E-state index is -0.720. The van der Waals surface area contributed by atoms with Crippen LogP contribution < -0.4 is 0 Å². The Morgan fingerprint density at radius 3 is 2.70 bits per heavy atom. The molecule has 0 aliphatic carbocycles. The fraction of sp³-hybridized carbons (Fsp3) is 0.357. The Balaban J connectivity index is 2.30. The number of aliphatic hydroxyl groups is 1. The lowest BCUT2D eigenvalue weighted by Crippen LogP contribution is -2.09. The summed E-state index contributed by atoms with van der Waals surface area (Å²) >= 11 is 6.79. The number of aliphatic hydroxyl groups excluding tert-OH is 1. The highest BCUT2D eigenvalue weighted by Gasteiger charge is 2.19. The summed E-state index contributed by atoms with van der Waals surface area (Å²) in [6.07, 6.45) is -0.304. The van der Waals surface area contributed by atoms with Gasteiger partial charge in [0.15, 0.2) is 0 Å². The van der Waals surface area contributed by atoms with Crippen molar-refractivity contribution in [3.8, 4) is 0 Å².